The normalized spacial score (nSPS) is 15.6. The summed E-state index contributed by atoms with van der Waals surface area (Å²) in [5.74, 6) is -0.763. The minimum absolute atomic E-state index is 0.00314. The summed E-state index contributed by atoms with van der Waals surface area (Å²) < 4.78 is 36.3. The maximum atomic E-state index is 12.5. The molecule has 1 fully saturated rings. The van der Waals surface area contributed by atoms with Gasteiger partial charge >= 0.3 is 5.97 Å². The molecular weight excluding hydrogens is 348 g/mol. The van der Waals surface area contributed by atoms with Gasteiger partial charge in [0.05, 0.1) is 31.1 Å². The fraction of sp³-hybridized carbons (Fsp3) is 0.500. The number of esters is 1. The molecule has 1 amide bonds. The van der Waals surface area contributed by atoms with Gasteiger partial charge in [-0.15, -0.1) is 0 Å². The van der Waals surface area contributed by atoms with Crippen LogP contribution < -0.4 is 5.32 Å². The molecule has 2 rings (SSSR count). The van der Waals surface area contributed by atoms with Crippen LogP contribution in [0.2, 0.25) is 0 Å². The van der Waals surface area contributed by atoms with Gasteiger partial charge in [0, 0.05) is 25.2 Å². The molecule has 25 heavy (non-hydrogen) atoms. The van der Waals surface area contributed by atoms with Crippen molar-refractivity contribution in [3.63, 3.8) is 0 Å². The summed E-state index contributed by atoms with van der Waals surface area (Å²) in [6, 6.07) is 5.95. The van der Waals surface area contributed by atoms with Gasteiger partial charge in [-0.3, -0.25) is 9.59 Å². The second kappa shape index (κ2) is 8.93. The molecule has 0 aromatic heterocycles. The maximum Gasteiger partial charge on any atom is 0.306 e. The van der Waals surface area contributed by atoms with E-state index in [1.807, 2.05) is 0 Å². The van der Waals surface area contributed by atoms with Crippen molar-refractivity contribution in [2.24, 2.45) is 0 Å². The van der Waals surface area contributed by atoms with E-state index in [0.717, 1.165) is 0 Å². The molecular formula is C16H22N2O6S. The Morgan fingerprint density at radius 2 is 1.80 bits per heavy atom. The summed E-state index contributed by atoms with van der Waals surface area (Å²) in [6.45, 7) is 3.40. The van der Waals surface area contributed by atoms with Crippen molar-refractivity contribution in [2.45, 2.75) is 24.7 Å². The Morgan fingerprint density at radius 1 is 1.16 bits per heavy atom. The van der Waals surface area contributed by atoms with E-state index in [9.17, 15) is 18.0 Å². The van der Waals surface area contributed by atoms with Gasteiger partial charge in [0.1, 0.15) is 0 Å². The first-order chi connectivity index (χ1) is 11.9. The summed E-state index contributed by atoms with van der Waals surface area (Å²) in [4.78, 5) is 23.2. The van der Waals surface area contributed by atoms with Gasteiger partial charge in [0.15, 0.2) is 0 Å². The summed E-state index contributed by atoms with van der Waals surface area (Å²) in [7, 11) is -3.56. The maximum absolute atomic E-state index is 12.5. The molecule has 0 radical (unpaired) electrons. The van der Waals surface area contributed by atoms with Crippen LogP contribution in [0.15, 0.2) is 29.2 Å². The number of hydrogen-bond donors (Lipinski definition) is 1. The van der Waals surface area contributed by atoms with Gasteiger partial charge in [-0.1, -0.05) is 0 Å². The predicted octanol–water partition coefficient (Wildman–Crippen LogP) is 0.989. The number of nitrogens with zero attached hydrogens (tertiary/aromatic N) is 1. The van der Waals surface area contributed by atoms with E-state index >= 15 is 0 Å². The zero-order chi connectivity index (χ0) is 18.3. The van der Waals surface area contributed by atoms with E-state index in [0.29, 0.717) is 32.0 Å². The highest BCUT2D eigenvalue weighted by Gasteiger charge is 2.26. The summed E-state index contributed by atoms with van der Waals surface area (Å²) in [5.41, 5.74) is 0.467. The Morgan fingerprint density at radius 3 is 2.40 bits per heavy atom. The number of carbonyl (C=O) groups is 2. The molecule has 138 valence electrons. The Labute approximate surface area is 147 Å². The molecule has 0 unspecified atom stereocenters. The van der Waals surface area contributed by atoms with Crippen molar-refractivity contribution in [1.29, 1.82) is 0 Å². The Bertz CT molecular complexity index is 696. The van der Waals surface area contributed by atoms with E-state index in [1.54, 1.807) is 6.92 Å². The van der Waals surface area contributed by atoms with Crippen LogP contribution >= 0.6 is 0 Å². The first-order valence-electron chi connectivity index (χ1n) is 8.07. The lowest BCUT2D eigenvalue weighted by atomic mass is 10.2. The highest BCUT2D eigenvalue weighted by atomic mass is 32.2. The Balaban J connectivity index is 1.93. The third-order valence-electron chi connectivity index (χ3n) is 3.61. The zero-order valence-electron chi connectivity index (χ0n) is 14.1. The Hall–Kier alpha value is -1.97. The smallest absolute Gasteiger partial charge is 0.306 e. The second-order valence-corrected chi connectivity index (χ2v) is 7.33. The lowest BCUT2D eigenvalue weighted by molar-refractivity contribution is -0.144. The van der Waals surface area contributed by atoms with Gasteiger partial charge in [-0.05, 0) is 31.2 Å². The number of amides is 1. The SMILES string of the molecule is CCOC(=O)CCC(=O)Nc1ccc(S(=O)(=O)N2CCOCC2)cc1. The lowest BCUT2D eigenvalue weighted by Gasteiger charge is -2.26. The summed E-state index contributed by atoms with van der Waals surface area (Å²) in [6.07, 6.45) is 0.00975. The molecule has 9 heteroatoms. The van der Waals surface area contributed by atoms with Gasteiger partial charge in [-0.2, -0.15) is 4.31 Å². The highest BCUT2D eigenvalue weighted by molar-refractivity contribution is 7.89. The summed E-state index contributed by atoms with van der Waals surface area (Å²) >= 11 is 0. The van der Waals surface area contributed by atoms with Crippen molar-refractivity contribution in [1.82, 2.24) is 4.31 Å². The third kappa shape index (κ3) is 5.52. The van der Waals surface area contributed by atoms with Crippen molar-refractivity contribution in [3.05, 3.63) is 24.3 Å². The van der Waals surface area contributed by atoms with Crippen LogP contribution in [-0.4, -0.2) is 57.5 Å². The number of ether oxygens (including phenoxy) is 2. The molecule has 0 atom stereocenters. The van der Waals surface area contributed by atoms with E-state index in [4.69, 9.17) is 9.47 Å². The van der Waals surface area contributed by atoms with Crippen LogP contribution in [-0.2, 0) is 29.1 Å². The quantitative estimate of drug-likeness (QED) is 0.718. The number of sulfonamides is 1. The van der Waals surface area contributed by atoms with Crippen LogP contribution in [0, 0.1) is 0 Å². The van der Waals surface area contributed by atoms with Gasteiger partial charge in [0.25, 0.3) is 0 Å². The fourth-order valence-electron chi connectivity index (χ4n) is 2.32. The minimum Gasteiger partial charge on any atom is -0.466 e. The topological polar surface area (TPSA) is 102 Å². The molecule has 0 spiro atoms. The van der Waals surface area contributed by atoms with Crippen LogP contribution in [0.1, 0.15) is 19.8 Å². The molecule has 1 aliphatic heterocycles. The molecule has 1 heterocycles. The Kier molecular flexibility index (Phi) is 6.91. The molecule has 0 aliphatic carbocycles. The third-order valence-corrected chi connectivity index (χ3v) is 5.52. The number of carbonyl (C=O) groups excluding carboxylic acids is 2. The van der Waals surface area contributed by atoms with Crippen molar-refractivity contribution >= 4 is 27.6 Å². The number of morpholine rings is 1. The van der Waals surface area contributed by atoms with Crippen LogP contribution in [0.3, 0.4) is 0 Å². The molecule has 1 saturated heterocycles. The zero-order valence-corrected chi connectivity index (χ0v) is 14.9. The van der Waals surface area contributed by atoms with Crippen molar-refractivity contribution < 1.29 is 27.5 Å². The molecule has 8 nitrogen and oxygen atoms in total. The van der Waals surface area contributed by atoms with E-state index in [1.165, 1.54) is 28.6 Å². The average Bonchev–Trinajstić information content (AvgIpc) is 2.61. The summed E-state index contributed by atoms with van der Waals surface area (Å²) in [5, 5.41) is 2.62. The predicted molar refractivity (Wildman–Crippen MR) is 90.5 cm³/mol. The van der Waals surface area contributed by atoms with E-state index in [-0.39, 0.29) is 30.3 Å². The number of nitrogens with one attached hydrogen (secondary N) is 1. The van der Waals surface area contributed by atoms with Gasteiger partial charge < -0.3 is 14.8 Å². The van der Waals surface area contributed by atoms with Crippen LogP contribution in [0.4, 0.5) is 5.69 Å². The standard InChI is InChI=1S/C16H22N2O6S/c1-2-24-16(20)8-7-15(19)17-13-3-5-14(6-4-13)25(21,22)18-9-11-23-12-10-18/h3-6H,2,7-12H2,1H3,(H,17,19). The number of benzene rings is 1. The van der Waals surface area contributed by atoms with Gasteiger partial charge in [-0.25, -0.2) is 8.42 Å². The lowest BCUT2D eigenvalue weighted by Crippen LogP contribution is -2.40. The first-order valence-corrected chi connectivity index (χ1v) is 9.51. The van der Waals surface area contributed by atoms with Crippen LogP contribution in [0.5, 0.6) is 0 Å². The highest BCUT2D eigenvalue weighted by Crippen LogP contribution is 2.19. The number of hydrogen-bond acceptors (Lipinski definition) is 6. The molecule has 1 N–H and O–H groups in total. The van der Waals surface area contributed by atoms with Crippen molar-refractivity contribution in [2.75, 3.05) is 38.2 Å². The van der Waals surface area contributed by atoms with Gasteiger partial charge in [0.2, 0.25) is 15.9 Å². The van der Waals surface area contributed by atoms with E-state index in [2.05, 4.69) is 5.32 Å². The largest absolute Gasteiger partial charge is 0.466 e. The van der Waals surface area contributed by atoms with Crippen LogP contribution in [0.25, 0.3) is 0 Å². The molecule has 0 saturated carbocycles. The number of anilines is 1. The molecule has 0 bridgehead atoms. The average molecular weight is 370 g/mol. The fourth-order valence-corrected chi connectivity index (χ4v) is 3.73. The second-order valence-electron chi connectivity index (χ2n) is 5.39. The van der Waals surface area contributed by atoms with E-state index < -0.39 is 16.0 Å². The monoisotopic (exact) mass is 370 g/mol. The molecule has 1 aromatic rings. The minimum atomic E-state index is -3.56. The number of rotatable bonds is 7. The molecule has 1 aromatic carbocycles. The van der Waals surface area contributed by atoms with Crippen molar-refractivity contribution in [3.8, 4) is 0 Å². The molecule has 1 aliphatic rings. The first kappa shape index (κ1) is 19.4.